The first-order valence-corrected chi connectivity index (χ1v) is 8.57. The second kappa shape index (κ2) is 6.16. The van der Waals surface area contributed by atoms with Crippen LogP contribution in [0.3, 0.4) is 0 Å². The Balaban J connectivity index is 1.46. The van der Waals surface area contributed by atoms with Gasteiger partial charge in [0.15, 0.2) is 17.3 Å². The number of aromatic amines is 1. The molecule has 7 heteroatoms. The lowest BCUT2D eigenvalue weighted by molar-refractivity contribution is -0.125. The van der Waals surface area contributed by atoms with Crippen molar-refractivity contribution >= 4 is 16.8 Å². The summed E-state index contributed by atoms with van der Waals surface area (Å²) in [4.78, 5) is 15.2. The van der Waals surface area contributed by atoms with Crippen molar-refractivity contribution in [3.63, 3.8) is 0 Å². The van der Waals surface area contributed by atoms with Crippen molar-refractivity contribution in [1.29, 1.82) is 0 Å². The number of nitrogens with zero attached hydrogens (tertiary/aromatic N) is 1. The number of rotatable bonds is 6. The van der Waals surface area contributed by atoms with E-state index in [-0.39, 0.29) is 23.7 Å². The third kappa shape index (κ3) is 3.29. The molecular weight excluding hydrogens is 337 g/mol. The number of amides is 1. The lowest BCUT2D eigenvalue weighted by atomic mass is 10.1. The number of ether oxygens (including phenoxy) is 1. The zero-order chi connectivity index (χ0) is 18.3. The average Bonchev–Trinajstić information content (AvgIpc) is 3.04. The maximum absolute atomic E-state index is 14.3. The number of hydrogen-bond donors (Lipinski definition) is 2. The molecular formula is C19H20FN3O3. The Bertz CT molecular complexity index is 972. The smallest absolute Gasteiger partial charge is 0.226 e. The molecule has 0 saturated heterocycles. The zero-order valence-corrected chi connectivity index (χ0v) is 14.7. The van der Waals surface area contributed by atoms with Gasteiger partial charge in [0.1, 0.15) is 6.61 Å². The maximum atomic E-state index is 14.3. The lowest BCUT2D eigenvalue weighted by Gasteiger charge is -2.08. The summed E-state index contributed by atoms with van der Waals surface area (Å²) in [5.74, 6) is 0.280. The summed E-state index contributed by atoms with van der Waals surface area (Å²) in [5, 5.41) is 7.43. The molecule has 0 bridgehead atoms. The largest absolute Gasteiger partial charge is 0.482 e. The molecule has 1 saturated carbocycles. The molecule has 3 aromatic rings. The summed E-state index contributed by atoms with van der Waals surface area (Å²) >= 11 is 0. The minimum atomic E-state index is -0.450. The molecule has 1 amide bonds. The topological polar surface area (TPSA) is 80.1 Å². The highest BCUT2D eigenvalue weighted by molar-refractivity contribution is 5.85. The summed E-state index contributed by atoms with van der Waals surface area (Å²) in [6, 6.07) is 6.60. The molecule has 0 spiro atoms. The molecule has 2 heterocycles. The van der Waals surface area contributed by atoms with Crippen molar-refractivity contribution < 1.29 is 18.4 Å². The quantitative estimate of drug-likeness (QED) is 0.706. The second-order valence-corrected chi connectivity index (χ2v) is 7.13. The lowest BCUT2D eigenvalue weighted by Crippen LogP contribution is -2.29. The van der Waals surface area contributed by atoms with E-state index in [1.54, 1.807) is 12.1 Å². The Morgan fingerprint density at radius 2 is 2.19 bits per heavy atom. The summed E-state index contributed by atoms with van der Waals surface area (Å²) in [7, 11) is 0. The van der Waals surface area contributed by atoms with Gasteiger partial charge in [-0.15, -0.1) is 0 Å². The average molecular weight is 357 g/mol. The molecule has 1 aliphatic carbocycles. The Labute approximate surface area is 149 Å². The van der Waals surface area contributed by atoms with Crippen molar-refractivity contribution in [2.24, 2.45) is 5.41 Å². The van der Waals surface area contributed by atoms with Crippen molar-refractivity contribution in [2.75, 3.05) is 0 Å². The van der Waals surface area contributed by atoms with Gasteiger partial charge in [-0.05, 0) is 31.9 Å². The van der Waals surface area contributed by atoms with E-state index in [9.17, 15) is 9.18 Å². The van der Waals surface area contributed by atoms with E-state index in [4.69, 9.17) is 9.26 Å². The van der Waals surface area contributed by atoms with Gasteiger partial charge in [0.05, 0.1) is 12.2 Å². The highest BCUT2D eigenvalue weighted by Gasteiger charge is 2.44. The van der Waals surface area contributed by atoms with Crippen LogP contribution in [0.5, 0.6) is 5.75 Å². The second-order valence-electron chi connectivity index (χ2n) is 7.13. The van der Waals surface area contributed by atoms with Crippen LogP contribution in [-0.4, -0.2) is 16.0 Å². The highest BCUT2D eigenvalue weighted by atomic mass is 19.1. The van der Waals surface area contributed by atoms with Crippen LogP contribution in [0.25, 0.3) is 10.9 Å². The molecule has 0 atom stereocenters. The van der Waals surface area contributed by atoms with Gasteiger partial charge in [-0.3, -0.25) is 4.79 Å². The fourth-order valence-corrected chi connectivity index (χ4v) is 2.84. The SMILES string of the molecule is Cc1cc(COc2cc3[nH]c(CNC(=O)C4(C)CC4)cc3cc2F)on1. The van der Waals surface area contributed by atoms with Gasteiger partial charge in [0.25, 0.3) is 0 Å². The van der Waals surface area contributed by atoms with Crippen LogP contribution in [0.4, 0.5) is 4.39 Å². The first-order chi connectivity index (χ1) is 12.4. The number of carbonyl (C=O) groups is 1. The Hall–Kier alpha value is -2.83. The van der Waals surface area contributed by atoms with Crippen molar-refractivity contribution in [1.82, 2.24) is 15.5 Å². The number of fused-ring (bicyclic) bond motifs is 1. The van der Waals surface area contributed by atoms with Crippen molar-refractivity contribution in [2.45, 2.75) is 39.8 Å². The van der Waals surface area contributed by atoms with Gasteiger partial charge in [-0.1, -0.05) is 12.1 Å². The molecule has 1 fully saturated rings. The van der Waals surface area contributed by atoms with E-state index in [2.05, 4.69) is 15.5 Å². The van der Waals surface area contributed by atoms with Crippen molar-refractivity contribution in [3.8, 4) is 5.75 Å². The highest BCUT2D eigenvalue weighted by Crippen LogP contribution is 2.45. The van der Waals surface area contributed by atoms with E-state index in [1.807, 2.05) is 19.9 Å². The number of hydrogen-bond acceptors (Lipinski definition) is 4. The molecule has 2 N–H and O–H groups in total. The fraction of sp³-hybridized carbons (Fsp3) is 0.368. The fourth-order valence-electron chi connectivity index (χ4n) is 2.84. The Kier molecular flexibility index (Phi) is 3.94. The van der Waals surface area contributed by atoms with Crippen LogP contribution < -0.4 is 10.1 Å². The minimum absolute atomic E-state index is 0.0636. The monoisotopic (exact) mass is 357 g/mol. The Morgan fingerprint density at radius 3 is 2.88 bits per heavy atom. The van der Waals surface area contributed by atoms with Crippen molar-refractivity contribution in [3.05, 3.63) is 47.2 Å². The van der Waals surface area contributed by atoms with Gasteiger partial charge in [0.2, 0.25) is 5.91 Å². The van der Waals surface area contributed by atoms with Crippen LogP contribution in [0.1, 0.15) is 36.9 Å². The summed E-state index contributed by atoms with van der Waals surface area (Å²) in [6.45, 7) is 4.26. The van der Waals surface area contributed by atoms with Crippen LogP contribution in [0.2, 0.25) is 0 Å². The van der Waals surface area contributed by atoms with Gasteiger partial charge in [0, 0.05) is 34.1 Å². The molecule has 1 aliphatic rings. The molecule has 2 aromatic heterocycles. The predicted octanol–water partition coefficient (Wildman–Crippen LogP) is 3.60. The number of aromatic nitrogens is 2. The zero-order valence-electron chi connectivity index (χ0n) is 14.7. The number of nitrogens with one attached hydrogen (secondary N) is 2. The van der Waals surface area contributed by atoms with E-state index >= 15 is 0 Å². The Morgan fingerprint density at radius 1 is 1.38 bits per heavy atom. The first-order valence-electron chi connectivity index (χ1n) is 8.57. The standard InChI is InChI=1S/C19H20FN3O3/c1-11-5-14(26-23-11)10-25-17-8-16-12(7-15(17)20)6-13(22-16)9-21-18(24)19(2)3-4-19/h5-8,22H,3-4,9-10H2,1-2H3,(H,21,24). The molecule has 0 aliphatic heterocycles. The van der Waals surface area contributed by atoms with E-state index < -0.39 is 5.82 Å². The third-order valence-corrected chi connectivity index (χ3v) is 4.76. The molecule has 1 aromatic carbocycles. The van der Waals surface area contributed by atoms with Gasteiger partial charge in [-0.25, -0.2) is 4.39 Å². The molecule has 26 heavy (non-hydrogen) atoms. The van der Waals surface area contributed by atoms with Crippen LogP contribution >= 0.6 is 0 Å². The number of H-pyrrole nitrogens is 1. The van der Waals surface area contributed by atoms with E-state index in [0.717, 1.165) is 35.1 Å². The number of carbonyl (C=O) groups excluding carboxylic acids is 1. The molecule has 136 valence electrons. The van der Waals surface area contributed by atoms with Crippen LogP contribution in [0.15, 0.2) is 28.8 Å². The van der Waals surface area contributed by atoms with Crippen LogP contribution in [-0.2, 0) is 17.9 Å². The first kappa shape index (κ1) is 16.6. The molecule has 0 radical (unpaired) electrons. The number of aryl methyl sites for hydroxylation is 1. The number of benzene rings is 1. The molecule has 4 rings (SSSR count). The normalized spacial score (nSPS) is 15.2. The summed E-state index contributed by atoms with van der Waals surface area (Å²) < 4.78 is 24.8. The minimum Gasteiger partial charge on any atom is -0.482 e. The third-order valence-electron chi connectivity index (χ3n) is 4.76. The predicted molar refractivity (Wildman–Crippen MR) is 93.0 cm³/mol. The van der Waals surface area contributed by atoms with Gasteiger partial charge < -0.3 is 19.6 Å². The van der Waals surface area contributed by atoms with Gasteiger partial charge in [-0.2, -0.15) is 0 Å². The maximum Gasteiger partial charge on any atom is 0.226 e. The van der Waals surface area contributed by atoms with E-state index in [0.29, 0.717) is 12.3 Å². The van der Waals surface area contributed by atoms with E-state index in [1.165, 1.54) is 6.07 Å². The summed E-state index contributed by atoms with van der Waals surface area (Å²) in [6.07, 6.45) is 1.87. The summed E-state index contributed by atoms with van der Waals surface area (Å²) in [5.41, 5.74) is 2.10. The molecule has 6 nitrogen and oxygen atoms in total. The molecule has 0 unspecified atom stereocenters. The van der Waals surface area contributed by atoms with Crippen LogP contribution in [0, 0.1) is 18.2 Å². The van der Waals surface area contributed by atoms with Gasteiger partial charge >= 0.3 is 0 Å². The number of halogens is 1.